The monoisotopic (exact) mass is 319 g/mol. The van der Waals surface area contributed by atoms with E-state index in [0.717, 1.165) is 10.6 Å². The molecule has 0 bridgehead atoms. The highest BCUT2D eigenvalue weighted by molar-refractivity contribution is 7.09. The Kier molecular flexibility index (Phi) is 4.82. The predicted octanol–water partition coefficient (Wildman–Crippen LogP) is 4.45. The average Bonchev–Trinajstić information content (AvgIpc) is 3.14. The average molecular weight is 319 g/mol. The Bertz CT molecular complexity index is 791. The summed E-state index contributed by atoms with van der Waals surface area (Å²) in [6.45, 7) is 2.11. The molecule has 2 aromatic carbocycles. The maximum Gasteiger partial charge on any atom is 0.114 e. The van der Waals surface area contributed by atoms with Gasteiger partial charge < -0.3 is 0 Å². The van der Waals surface area contributed by atoms with Crippen molar-refractivity contribution in [3.63, 3.8) is 0 Å². The van der Waals surface area contributed by atoms with Crippen LogP contribution in [-0.4, -0.2) is 4.98 Å². The van der Waals surface area contributed by atoms with Crippen molar-refractivity contribution in [2.75, 3.05) is 0 Å². The number of thiazole rings is 1. The molecule has 3 rings (SSSR count). The van der Waals surface area contributed by atoms with Crippen LogP contribution in [0.5, 0.6) is 0 Å². The molecule has 0 fully saturated rings. The van der Waals surface area contributed by atoms with Crippen molar-refractivity contribution in [1.82, 2.24) is 10.3 Å². The lowest BCUT2D eigenvalue weighted by Crippen LogP contribution is -2.25. The molecule has 0 unspecified atom stereocenters. The first-order chi connectivity index (χ1) is 11.3. The first kappa shape index (κ1) is 15.4. The summed E-state index contributed by atoms with van der Waals surface area (Å²) in [5.74, 6) is 0. The number of nitriles is 1. The van der Waals surface area contributed by atoms with E-state index in [9.17, 15) is 0 Å². The molecule has 1 heterocycles. The standard InChI is InChI=1S/C19H17N3S/c1-14(17-9-5-6-15(12-17)13-20)22-18(19-21-10-11-23-19)16-7-3-2-4-8-16/h2-12,14,18,22H,1H3/t14-,18+/m1/s1. The molecule has 0 amide bonds. The van der Waals surface area contributed by atoms with Gasteiger partial charge in [0, 0.05) is 17.6 Å². The van der Waals surface area contributed by atoms with Crippen LogP contribution in [0.1, 0.15) is 40.7 Å². The van der Waals surface area contributed by atoms with Gasteiger partial charge in [0.1, 0.15) is 5.01 Å². The predicted molar refractivity (Wildman–Crippen MR) is 93.1 cm³/mol. The van der Waals surface area contributed by atoms with Gasteiger partial charge in [-0.25, -0.2) is 4.98 Å². The van der Waals surface area contributed by atoms with E-state index in [1.807, 2.05) is 54.0 Å². The van der Waals surface area contributed by atoms with E-state index in [-0.39, 0.29) is 12.1 Å². The van der Waals surface area contributed by atoms with Crippen molar-refractivity contribution in [3.05, 3.63) is 87.9 Å². The van der Waals surface area contributed by atoms with Crippen LogP contribution in [0, 0.1) is 11.3 Å². The van der Waals surface area contributed by atoms with E-state index in [2.05, 4.69) is 35.4 Å². The van der Waals surface area contributed by atoms with Gasteiger partial charge in [0.2, 0.25) is 0 Å². The number of nitrogens with zero attached hydrogens (tertiary/aromatic N) is 2. The molecule has 2 atom stereocenters. The third-order valence-corrected chi connectivity index (χ3v) is 4.60. The van der Waals surface area contributed by atoms with Crippen molar-refractivity contribution >= 4 is 11.3 Å². The quantitative estimate of drug-likeness (QED) is 0.755. The summed E-state index contributed by atoms with van der Waals surface area (Å²) in [7, 11) is 0. The fraction of sp³-hybridized carbons (Fsp3) is 0.158. The lowest BCUT2D eigenvalue weighted by Gasteiger charge is -2.22. The second-order valence-corrected chi connectivity index (χ2v) is 6.27. The van der Waals surface area contributed by atoms with E-state index in [1.165, 1.54) is 5.56 Å². The minimum absolute atomic E-state index is 0.0388. The molecule has 0 aliphatic heterocycles. The minimum Gasteiger partial charge on any atom is -0.298 e. The molecule has 0 aliphatic rings. The van der Waals surface area contributed by atoms with Crippen LogP contribution in [0.3, 0.4) is 0 Å². The van der Waals surface area contributed by atoms with Crippen LogP contribution in [0.25, 0.3) is 0 Å². The summed E-state index contributed by atoms with van der Waals surface area (Å²) < 4.78 is 0. The van der Waals surface area contributed by atoms with Crippen molar-refractivity contribution < 1.29 is 0 Å². The number of rotatable bonds is 5. The van der Waals surface area contributed by atoms with Crippen molar-refractivity contribution in [2.24, 2.45) is 0 Å². The van der Waals surface area contributed by atoms with Crippen molar-refractivity contribution in [1.29, 1.82) is 5.26 Å². The third kappa shape index (κ3) is 3.65. The molecule has 3 nitrogen and oxygen atoms in total. The van der Waals surface area contributed by atoms with Gasteiger partial charge in [-0.1, -0.05) is 42.5 Å². The smallest absolute Gasteiger partial charge is 0.114 e. The zero-order chi connectivity index (χ0) is 16.1. The lowest BCUT2D eigenvalue weighted by molar-refractivity contribution is 0.515. The molecule has 0 aliphatic carbocycles. The maximum atomic E-state index is 9.08. The van der Waals surface area contributed by atoms with Gasteiger partial charge in [-0.2, -0.15) is 5.26 Å². The number of aromatic nitrogens is 1. The summed E-state index contributed by atoms with van der Waals surface area (Å²) in [4.78, 5) is 4.48. The highest BCUT2D eigenvalue weighted by atomic mass is 32.1. The number of nitrogens with one attached hydrogen (secondary N) is 1. The summed E-state index contributed by atoms with van der Waals surface area (Å²) in [6, 6.07) is 20.4. The Labute approximate surface area is 140 Å². The van der Waals surface area contributed by atoms with Gasteiger partial charge in [-0.3, -0.25) is 5.32 Å². The van der Waals surface area contributed by atoms with Crippen LogP contribution in [-0.2, 0) is 0 Å². The SMILES string of the molecule is C[C@@H](N[C@@H](c1ccccc1)c1nccs1)c1cccc(C#N)c1. The summed E-state index contributed by atoms with van der Waals surface area (Å²) in [5, 5.41) is 15.8. The Morgan fingerprint density at radius 3 is 2.57 bits per heavy atom. The van der Waals surface area contributed by atoms with E-state index < -0.39 is 0 Å². The summed E-state index contributed by atoms with van der Waals surface area (Å²) in [6.07, 6.45) is 1.83. The van der Waals surface area contributed by atoms with E-state index in [1.54, 1.807) is 11.3 Å². The Hall–Kier alpha value is -2.48. The molecule has 3 aromatic rings. The second-order valence-electron chi connectivity index (χ2n) is 5.34. The second kappa shape index (κ2) is 7.19. The third-order valence-electron chi connectivity index (χ3n) is 3.76. The molecule has 4 heteroatoms. The molecule has 0 saturated heterocycles. The summed E-state index contributed by atoms with van der Waals surface area (Å²) >= 11 is 1.64. The van der Waals surface area contributed by atoms with Crippen LogP contribution < -0.4 is 5.32 Å². The van der Waals surface area contributed by atoms with Gasteiger partial charge in [0.25, 0.3) is 0 Å². The molecule has 0 saturated carbocycles. The molecular formula is C19H17N3S. The maximum absolute atomic E-state index is 9.08. The van der Waals surface area contributed by atoms with Crippen LogP contribution in [0.4, 0.5) is 0 Å². The van der Waals surface area contributed by atoms with Gasteiger partial charge in [-0.05, 0) is 30.2 Å². The van der Waals surface area contributed by atoms with E-state index >= 15 is 0 Å². The van der Waals surface area contributed by atoms with E-state index in [4.69, 9.17) is 5.26 Å². The number of benzene rings is 2. The fourth-order valence-electron chi connectivity index (χ4n) is 2.56. The molecule has 0 radical (unpaired) electrons. The normalized spacial score (nSPS) is 13.2. The minimum atomic E-state index is 0.0388. The first-order valence-corrected chi connectivity index (χ1v) is 8.36. The van der Waals surface area contributed by atoms with Crippen molar-refractivity contribution in [2.45, 2.75) is 19.0 Å². The van der Waals surface area contributed by atoms with Gasteiger partial charge in [-0.15, -0.1) is 11.3 Å². The Balaban J connectivity index is 1.88. The van der Waals surface area contributed by atoms with E-state index in [0.29, 0.717) is 5.56 Å². The zero-order valence-corrected chi connectivity index (χ0v) is 13.6. The Morgan fingerprint density at radius 1 is 1.09 bits per heavy atom. The summed E-state index contributed by atoms with van der Waals surface area (Å²) in [5.41, 5.74) is 2.97. The van der Waals surface area contributed by atoms with Gasteiger partial charge in [0.05, 0.1) is 17.7 Å². The van der Waals surface area contributed by atoms with Crippen LogP contribution in [0.15, 0.2) is 66.2 Å². The number of hydrogen-bond donors (Lipinski definition) is 1. The lowest BCUT2D eigenvalue weighted by atomic mass is 10.0. The van der Waals surface area contributed by atoms with Crippen LogP contribution in [0.2, 0.25) is 0 Å². The van der Waals surface area contributed by atoms with Gasteiger partial charge >= 0.3 is 0 Å². The number of hydrogen-bond acceptors (Lipinski definition) is 4. The van der Waals surface area contributed by atoms with Crippen LogP contribution >= 0.6 is 11.3 Å². The molecule has 114 valence electrons. The zero-order valence-electron chi connectivity index (χ0n) is 12.8. The first-order valence-electron chi connectivity index (χ1n) is 7.48. The molecule has 1 N–H and O–H groups in total. The largest absolute Gasteiger partial charge is 0.298 e. The van der Waals surface area contributed by atoms with Crippen molar-refractivity contribution in [3.8, 4) is 6.07 Å². The Morgan fingerprint density at radius 2 is 1.87 bits per heavy atom. The molecular weight excluding hydrogens is 302 g/mol. The highest BCUT2D eigenvalue weighted by Crippen LogP contribution is 2.27. The molecule has 0 spiro atoms. The highest BCUT2D eigenvalue weighted by Gasteiger charge is 2.19. The topological polar surface area (TPSA) is 48.7 Å². The van der Waals surface area contributed by atoms with Gasteiger partial charge in [0.15, 0.2) is 0 Å². The fourth-order valence-corrected chi connectivity index (χ4v) is 3.28. The molecule has 1 aromatic heterocycles. The molecule has 23 heavy (non-hydrogen) atoms.